The molecule has 6 nitrogen and oxygen atoms in total. The quantitative estimate of drug-likeness (QED) is 0.439. The molecule has 0 aliphatic heterocycles. The van der Waals surface area contributed by atoms with Gasteiger partial charge in [0.2, 0.25) is 0 Å². The maximum atomic E-state index is 9.41. The molecule has 0 rings (SSSR count). The molecular formula is C18H38O6. The molecule has 0 aliphatic carbocycles. The van der Waals surface area contributed by atoms with Gasteiger partial charge in [-0.1, -0.05) is 6.08 Å². The van der Waals surface area contributed by atoms with Crippen LogP contribution in [0.3, 0.4) is 0 Å². The van der Waals surface area contributed by atoms with Gasteiger partial charge in [0.1, 0.15) is 6.10 Å². The minimum atomic E-state index is -0.588. The van der Waals surface area contributed by atoms with Gasteiger partial charge in [-0.3, -0.25) is 0 Å². The molecular weight excluding hydrogens is 312 g/mol. The molecule has 0 amide bonds. The van der Waals surface area contributed by atoms with Gasteiger partial charge < -0.3 is 29.2 Å². The molecule has 1 atom stereocenters. The molecule has 2 N–H and O–H groups in total. The topological polar surface area (TPSA) is 77.4 Å². The Hall–Kier alpha value is -0.500. The van der Waals surface area contributed by atoms with Crippen LogP contribution < -0.4 is 0 Å². The van der Waals surface area contributed by atoms with Crippen LogP contribution in [-0.4, -0.2) is 73.8 Å². The van der Waals surface area contributed by atoms with Crippen molar-refractivity contribution in [3.8, 4) is 0 Å². The molecule has 146 valence electrons. The number of hydrogen-bond donors (Lipinski definition) is 2. The molecule has 0 aliphatic rings. The summed E-state index contributed by atoms with van der Waals surface area (Å²) in [5.74, 6) is 0. The third-order valence-corrected chi connectivity index (χ3v) is 2.25. The monoisotopic (exact) mass is 350 g/mol. The Bertz CT molecular complexity index is 280. The Morgan fingerprint density at radius 3 is 1.79 bits per heavy atom. The zero-order valence-electron chi connectivity index (χ0n) is 16.3. The van der Waals surface area contributed by atoms with Gasteiger partial charge in [-0.05, 0) is 41.5 Å². The summed E-state index contributed by atoms with van der Waals surface area (Å²) in [5, 5.41) is 17.7. The van der Waals surface area contributed by atoms with Gasteiger partial charge in [0, 0.05) is 0 Å². The van der Waals surface area contributed by atoms with E-state index in [0.717, 1.165) is 0 Å². The fraction of sp³-hybridized carbons (Fsp3) is 0.889. The van der Waals surface area contributed by atoms with Crippen molar-refractivity contribution < 1.29 is 29.2 Å². The predicted molar refractivity (Wildman–Crippen MR) is 96.3 cm³/mol. The maximum absolute atomic E-state index is 9.41. The lowest BCUT2D eigenvalue weighted by molar-refractivity contribution is -0.0576. The van der Waals surface area contributed by atoms with Gasteiger partial charge in [0.15, 0.2) is 0 Å². The van der Waals surface area contributed by atoms with Crippen molar-refractivity contribution in [3.05, 3.63) is 12.7 Å². The van der Waals surface area contributed by atoms with Crippen LogP contribution in [0.2, 0.25) is 0 Å². The molecule has 24 heavy (non-hydrogen) atoms. The van der Waals surface area contributed by atoms with E-state index in [4.69, 9.17) is 24.1 Å². The number of hydrogen-bond acceptors (Lipinski definition) is 6. The number of aliphatic hydroxyl groups excluding tert-OH is 2. The number of ether oxygens (including phenoxy) is 4. The Kier molecular flexibility index (Phi) is 15.9. The number of aliphatic hydroxyl groups is 2. The van der Waals surface area contributed by atoms with Crippen molar-refractivity contribution in [2.75, 3.05) is 46.2 Å². The first kappa shape index (κ1) is 25.7. The van der Waals surface area contributed by atoms with Crippen LogP contribution in [0.25, 0.3) is 0 Å². The van der Waals surface area contributed by atoms with Crippen LogP contribution in [0.15, 0.2) is 12.7 Å². The molecule has 0 heterocycles. The van der Waals surface area contributed by atoms with Gasteiger partial charge in [-0.15, -0.1) is 6.58 Å². The van der Waals surface area contributed by atoms with E-state index < -0.39 is 6.10 Å². The summed E-state index contributed by atoms with van der Waals surface area (Å²) in [6.45, 7) is 17.9. The van der Waals surface area contributed by atoms with E-state index >= 15 is 0 Å². The van der Waals surface area contributed by atoms with E-state index in [2.05, 4.69) is 6.58 Å². The third-order valence-electron chi connectivity index (χ3n) is 2.25. The highest BCUT2D eigenvalue weighted by molar-refractivity contribution is 4.64. The second-order valence-electron chi connectivity index (χ2n) is 7.20. The van der Waals surface area contributed by atoms with Crippen LogP contribution >= 0.6 is 0 Å². The fourth-order valence-electron chi connectivity index (χ4n) is 1.31. The van der Waals surface area contributed by atoms with E-state index in [0.29, 0.717) is 26.4 Å². The highest BCUT2D eigenvalue weighted by atomic mass is 16.5. The Morgan fingerprint density at radius 2 is 1.38 bits per heavy atom. The van der Waals surface area contributed by atoms with Crippen molar-refractivity contribution in [2.45, 2.75) is 58.8 Å². The Morgan fingerprint density at radius 1 is 0.875 bits per heavy atom. The number of rotatable bonds is 11. The molecule has 0 fully saturated rings. The lowest BCUT2D eigenvalue weighted by atomic mass is 10.2. The van der Waals surface area contributed by atoms with Crippen molar-refractivity contribution in [2.24, 2.45) is 0 Å². The van der Waals surface area contributed by atoms with Gasteiger partial charge >= 0.3 is 0 Å². The highest BCUT2D eigenvalue weighted by Gasteiger charge is 2.10. The summed E-state index contributed by atoms with van der Waals surface area (Å²) in [7, 11) is 0. The smallest absolute Gasteiger partial charge is 0.101 e. The molecule has 0 aromatic rings. The summed E-state index contributed by atoms with van der Waals surface area (Å²) in [6, 6.07) is 0. The molecule has 0 bridgehead atoms. The summed E-state index contributed by atoms with van der Waals surface area (Å²) in [4.78, 5) is 0. The van der Waals surface area contributed by atoms with E-state index in [1.165, 1.54) is 0 Å². The first-order chi connectivity index (χ1) is 11.0. The van der Waals surface area contributed by atoms with Crippen LogP contribution in [0.5, 0.6) is 0 Å². The second-order valence-corrected chi connectivity index (χ2v) is 7.20. The van der Waals surface area contributed by atoms with Gasteiger partial charge in [-0.2, -0.15) is 0 Å². The minimum Gasteiger partial charge on any atom is -0.394 e. The van der Waals surface area contributed by atoms with E-state index in [9.17, 15) is 5.11 Å². The minimum absolute atomic E-state index is 0.108. The highest BCUT2D eigenvalue weighted by Crippen LogP contribution is 2.05. The summed E-state index contributed by atoms with van der Waals surface area (Å²) in [5.41, 5.74) is -0.252. The molecule has 1 unspecified atom stereocenters. The molecule has 6 heteroatoms. The Labute approximate surface area is 147 Å². The lowest BCUT2D eigenvalue weighted by Gasteiger charge is -2.19. The Balaban J connectivity index is 0. The molecule has 0 radical (unpaired) electrons. The summed E-state index contributed by atoms with van der Waals surface area (Å²) < 4.78 is 20.9. The molecule has 0 spiro atoms. The van der Waals surface area contributed by atoms with Crippen molar-refractivity contribution in [1.29, 1.82) is 0 Å². The van der Waals surface area contributed by atoms with Crippen LogP contribution in [0.4, 0.5) is 0 Å². The van der Waals surface area contributed by atoms with E-state index in [-0.39, 0.29) is 31.0 Å². The van der Waals surface area contributed by atoms with Gasteiger partial charge in [0.05, 0.1) is 57.5 Å². The van der Waals surface area contributed by atoms with Crippen molar-refractivity contribution in [1.82, 2.24) is 0 Å². The lowest BCUT2D eigenvalue weighted by Crippen LogP contribution is -2.25. The largest absolute Gasteiger partial charge is 0.394 e. The van der Waals surface area contributed by atoms with Gasteiger partial charge in [-0.25, -0.2) is 0 Å². The van der Waals surface area contributed by atoms with E-state index in [1.807, 2.05) is 41.5 Å². The van der Waals surface area contributed by atoms with Crippen molar-refractivity contribution >= 4 is 0 Å². The van der Waals surface area contributed by atoms with Crippen molar-refractivity contribution in [3.63, 3.8) is 0 Å². The summed E-state index contributed by atoms with van der Waals surface area (Å²) >= 11 is 0. The molecule has 0 aromatic heterocycles. The SMILES string of the molecule is C=CCOCC(O)COCCOC(C)(C)C.CC(C)(C)OCCO. The normalized spacial score (nSPS) is 13.2. The van der Waals surface area contributed by atoms with Crippen LogP contribution in [0, 0.1) is 0 Å². The fourth-order valence-corrected chi connectivity index (χ4v) is 1.31. The second kappa shape index (κ2) is 14.8. The molecule has 0 aromatic carbocycles. The zero-order chi connectivity index (χ0) is 19.1. The average Bonchev–Trinajstić information content (AvgIpc) is 2.44. The molecule has 0 saturated carbocycles. The predicted octanol–water partition coefficient (Wildman–Crippen LogP) is 2.18. The summed E-state index contributed by atoms with van der Waals surface area (Å²) in [6.07, 6.45) is 1.06. The van der Waals surface area contributed by atoms with Gasteiger partial charge in [0.25, 0.3) is 0 Å². The van der Waals surface area contributed by atoms with Crippen LogP contribution in [0.1, 0.15) is 41.5 Å². The first-order valence-corrected chi connectivity index (χ1v) is 8.35. The maximum Gasteiger partial charge on any atom is 0.101 e. The molecule has 0 saturated heterocycles. The van der Waals surface area contributed by atoms with E-state index in [1.54, 1.807) is 6.08 Å². The average molecular weight is 350 g/mol. The zero-order valence-corrected chi connectivity index (χ0v) is 16.3. The standard InChI is InChI=1S/C12H24O4.C6H14O2/c1-5-6-14-9-11(13)10-15-7-8-16-12(2,3)4;1-6(2,3)8-5-4-7/h5,11,13H,1,6-10H2,2-4H3;7H,4-5H2,1-3H3. The first-order valence-electron chi connectivity index (χ1n) is 8.35. The van der Waals surface area contributed by atoms with Crippen LogP contribution in [-0.2, 0) is 18.9 Å². The third kappa shape index (κ3) is 26.4.